The summed E-state index contributed by atoms with van der Waals surface area (Å²) in [4.78, 5) is 53.0. The molecular weight excluding hydrogens is 683 g/mol. The van der Waals surface area contributed by atoms with Gasteiger partial charge in [-0.25, -0.2) is 0 Å². The van der Waals surface area contributed by atoms with Crippen LogP contribution in [0.5, 0.6) is 0 Å². The second-order valence-corrected chi connectivity index (χ2v) is 14.7. The number of carbonyl (C=O) groups excluding carboxylic acids is 4. The molecule has 0 bridgehead atoms. The highest BCUT2D eigenvalue weighted by Crippen LogP contribution is 2.21. The highest BCUT2D eigenvalue weighted by Gasteiger charge is 2.20. The Labute approximate surface area is 331 Å². The van der Waals surface area contributed by atoms with Crippen molar-refractivity contribution in [1.29, 1.82) is 0 Å². The van der Waals surface area contributed by atoms with E-state index in [1.54, 1.807) is 0 Å². The molecule has 0 rings (SSSR count). The van der Waals surface area contributed by atoms with Gasteiger partial charge in [-0.15, -0.1) is 0 Å². The second kappa shape index (κ2) is 41.3. The lowest BCUT2D eigenvalue weighted by molar-refractivity contribution is -0.150. The van der Waals surface area contributed by atoms with Crippen molar-refractivity contribution in [2.45, 2.75) is 202 Å². The molecule has 0 aromatic heterocycles. The smallest absolute Gasteiger partial charge is 0.308 e. The van der Waals surface area contributed by atoms with Gasteiger partial charge in [0.15, 0.2) is 5.96 Å². The number of hydrogen-bond donors (Lipinski definition) is 4. The SMILES string of the molecule is CCCCCCCCC(CCCCCC)C(=O)OCCCCCCNC(=O)CNC(=O)CCCCCOC(=O)C(CCC)CCCCC.CCN=C(N)N. The van der Waals surface area contributed by atoms with Crippen molar-refractivity contribution < 1.29 is 28.7 Å². The molecule has 0 saturated carbocycles. The van der Waals surface area contributed by atoms with Crippen LogP contribution in [0.1, 0.15) is 202 Å². The van der Waals surface area contributed by atoms with E-state index in [-0.39, 0.29) is 48.1 Å². The third-order valence-electron chi connectivity index (χ3n) is 9.49. The number of nitrogens with one attached hydrogen (secondary N) is 2. The van der Waals surface area contributed by atoms with Crippen LogP contribution in [0.3, 0.4) is 0 Å². The van der Waals surface area contributed by atoms with E-state index in [4.69, 9.17) is 20.9 Å². The van der Waals surface area contributed by atoms with Crippen molar-refractivity contribution in [1.82, 2.24) is 10.6 Å². The first-order valence-electron chi connectivity index (χ1n) is 22.1. The topological polar surface area (TPSA) is 175 Å². The number of ether oxygens (including phenoxy) is 2. The van der Waals surface area contributed by atoms with Gasteiger partial charge in [-0.3, -0.25) is 24.2 Å². The van der Waals surface area contributed by atoms with Crippen LogP contribution < -0.4 is 22.1 Å². The third kappa shape index (κ3) is 37.5. The van der Waals surface area contributed by atoms with Gasteiger partial charge in [-0.2, -0.15) is 0 Å². The highest BCUT2D eigenvalue weighted by atomic mass is 16.5. The quantitative estimate of drug-likeness (QED) is 0.0211. The summed E-state index contributed by atoms with van der Waals surface area (Å²) in [6, 6.07) is 0. The second-order valence-electron chi connectivity index (χ2n) is 14.7. The van der Waals surface area contributed by atoms with Crippen molar-refractivity contribution >= 4 is 29.7 Å². The van der Waals surface area contributed by atoms with E-state index in [1.807, 2.05) is 6.92 Å². The molecule has 0 aliphatic heterocycles. The maximum atomic E-state index is 12.8. The minimum absolute atomic E-state index is 0.0103. The van der Waals surface area contributed by atoms with Crippen LogP contribution in [0.15, 0.2) is 4.99 Å². The van der Waals surface area contributed by atoms with Crippen LogP contribution in [0, 0.1) is 11.8 Å². The first-order chi connectivity index (χ1) is 26.2. The number of aliphatic imine (C=N–C) groups is 1. The molecule has 0 aliphatic rings. The van der Waals surface area contributed by atoms with E-state index in [9.17, 15) is 19.2 Å². The fourth-order valence-electron chi connectivity index (χ4n) is 6.20. The Morgan fingerprint density at radius 2 is 0.944 bits per heavy atom. The standard InChI is InChI=1S/C40H76N2O6.C3H9N3/c1-5-9-12-14-15-21-29-36(28-20-13-10-6-2)40(46)48-32-24-17-16-23-31-41-38(44)34-42-37(43)30-22-18-25-33-47-39(45)35(26-8-4)27-19-11-7-3;1-2-6-3(4)5/h35-36H,5-34H2,1-4H3,(H,41,44)(H,42,43);2H2,1H3,(H4,4,5,6). The summed E-state index contributed by atoms with van der Waals surface area (Å²) in [5.74, 6) is -0.180. The predicted octanol–water partition coefficient (Wildman–Crippen LogP) is 9.04. The van der Waals surface area contributed by atoms with Gasteiger partial charge < -0.3 is 31.6 Å². The number of carbonyl (C=O) groups is 4. The monoisotopic (exact) mass is 768 g/mol. The zero-order valence-electron chi connectivity index (χ0n) is 35.6. The Morgan fingerprint density at radius 1 is 0.500 bits per heavy atom. The fraction of sp³-hybridized carbons (Fsp3) is 0.884. The van der Waals surface area contributed by atoms with Crippen LogP contribution in [0.2, 0.25) is 0 Å². The van der Waals surface area contributed by atoms with Gasteiger partial charge in [0.1, 0.15) is 0 Å². The summed E-state index contributed by atoms with van der Waals surface area (Å²) in [6.07, 6.45) is 26.4. The summed E-state index contributed by atoms with van der Waals surface area (Å²) in [5.41, 5.74) is 9.86. The third-order valence-corrected chi connectivity index (χ3v) is 9.49. The number of guanidine groups is 1. The van der Waals surface area contributed by atoms with Gasteiger partial charge in [-0.05, 0) is 71.1 Å². The average molecular weight is 768 g/mol. The van der Waals surface area contributed by atoms with Gasteiger partial charge in [0.2, 0.25) is 11.8 Å². The van der Waals surface area contributed by atoms with Crippen molar-refractivity contribution in [2.75, 3.05) is 32.8 Å². The molecule has 6 N–H and O–H groups in total. The van der Waals surface area contributed by atoms with Crippen molar-refractivity contribution in [3.05, 3.63) is 0 Å². The van der Waals surface area contributed by atoms with E-state index in [1.165, 1.54) is 51.4 Å². The average Bonchev–Trinajstić information content (AvgIpc) is 3.15. The normalized spacial score (nSPS) is 11.8. The molecule has 0 aliphatic carbocycles. The van der Waals surface area contributed by atoms with Crippen LogP contribution in [-0.2, 0) is 28.7 Å². The Balaban J connectivity index is 0. The van der Waals surface area contributed by atoms with Crippen LogP contribution in [-0.4, -0.2) is 62.6 Å². The molecule has 11 heteroatoms. The van der Waals surface area contributed by atoms with E-state index < -0.39 is 0 Å². The van der Waals surface area contributed by atoms with Crippen molar-refractivity contribution in [3.8, 4) is 0 Å². The number of amides is 2. The summed E-state index contributed by atoms with van der Waals surface area (Å²) < 4.78 is 11.2. The number of nitrogens with zero attached hydrogens (tertiary/aromatic N) is 1. The molecule has 0 aromatic carbocycles. The van der Waals surface area contributed by atoms with Gasteiger partial charge in [0.25, 0.3) is 0 Å². The van der Waals surface area contributed by atoms with E-state index in [2.05, 4.69) is 43.3 Å². The Kier molecular flexibility index (Phi) is 40.7. The van der Waals surface area contributed by atoms with Crippen molar-refractivity contribution in [3.63, 3.8) is 0 Å². The molecule has 0 spiro atoms. The van der Waals surface area contributed by atoms with E-state index >= 15 is 0 Å². The summed E-state index contributed by atoms with van der Waals surface area (Å²) in [5, 5.41) is 5.56. The van der Waals surface area contributed by atoms with Crippen LogP contribution >= 0.6 is 0 Å². The van der Waals surface area contributed by atoms with Gasteiger partial charge in [0, 0.05) is 19.5 Å². The number of nitrogens with two attached hydrogens (primary N) is 2. The van der Waals surface area contributed by atoms with Crippen molar-refractivity contribution in [2.24, 2.45) is 28.3 Å². The van der Waals surface area contributed by atoms with E-state index in [0.717, 1.165) is 103 Å². The maximum Gasteiger partial charge on any atom is 0.308 e. The molecule has 0 radical (unpaired) electrons. The minimum atomic E-state index is -0.180. The summed E-state index contributed by atoms with van der Waals surface area (Å²) in [7, 11) is 0. The maximum absolute atomic E-state index is 12.8. The Bertz CT molecular complexity index is 928. The molecule has 0 aromatic rings. The number of hydrogen-bond acceptors (Lipinski definition) is 7. The molecule has 0 heterocycles. The lowest BCUT2D eigenvalue weighted by Crippen LogP contribution is -2.37. The lowest BCUT2D eigenvalue weighted by Gasteiger charge is -2.16. The molecule has 2 amide bonds. The number of esters is 2. The fourth-order valence-corrected chi connectivity index (χ4v) is 6.20. The largest absolute Gasteiger partial charge is 0.465 e. The lowest BCUT2D eigenvalue weighted by atomic mass is 9.94. The minimum Gasteiger partial charge on any atom is -0.465 e. The van der Waals surface area contributed by atoms with Gasteiger partial charge >= 0.3 is 11.9 Å². The number of rotatable bonds is 36. The molecule has 2 unspecified atom stereocenters. The highest BCUT2D eigenvalue weighted by molar-refractivity contribution is 5.84. The first-order valence-corrected chi connectivity index (χ1v) is 22.1. The van der Waals surface area contributed by atoms with Crippen LogP contribution in [0.25, 0.3) is 0 Å². The molecule has 0 saturated heterocycles. The first kappa shape index (κ1) is 53.3. The molecule has 318 valence electrons. The van der Waals surface area contributed by atoms with Gasteiger partial charge in [-0.1, -0.05) is 124 Å². The summed E-state index contributed by atoms with van der Waals surface area (Å²) in [6.45, 7) is 12.7. The Morgan fingerprint density at radius 3 is 1.46 bits per heavy atom. The Hall–Kier alpha value is -2.85. The van der Waals surface area contributed by atoms with Crippen LogP contribution in [0.4, 0.5) is 0 Å². The molecular formula is C43H85N5O6. The van der Waals surface area contributed by atoms with Gasteiger partial charge in [0.05, 0.1) is 31.6 Å². The molecule has 54 heavy (non-hydrogen) atoms. The number of unbranched alkanes of at least 4 members (excludes halogenated alkanes) is 15. The molecule has 11 nitrogen and oxygen atoms in total. The predicted molar refractivity (Wildman–Crippen MR) is 224 cm³/mol. The van der Waals surface area contributed by atoms with E-state index in [0.29, 0.717) is 39.1 Å². The summed E-state index contributed by atoms with van der Waals surface area (Å²) >= 11 is 0. The zero-order chi connectivity index (χ0) is 40.5. The zero-order valence-corrected chi connectivity index (χ0v) is 35.6. The molecule has 2 atom stereocenters. The molecule has 0 fully saturated rings.